The number of hydrogen-bond donors (Lipinski definition) is 1. The molecule has 1 saturated heterocycles. The van der Waals surface area contributed by atoms with Gasteiger partial charge in [0.1, 0.15) is 5.92 Å². The summed E-state index contributed by atoms with van der Waals surface area (Å²) in [7, 11) is 0. The molecule has 2 atom stereocenters. The highest BCUT2D eigenvalue weighted by molar-refractivity contribution is 7.80. The van der Waals surface area contributed by atoms with Crippen LogP contribution in [0.15, 0.2) is 30.3 Å². The molecular weight excluding hydrogens is 284 g/mol. The van der Waals surface area contributed by atoms with Crippen molar-refractivity contribution in [1.82, 2.24) is 4.90 Å². The van der Waals surface area contributed by atoms with Gasteiger partial charge in [0.15, 0.2) is 0 Å². The van der Waals surface area contributed by atoms with Crippen molar-refractivity contribution in [3.63, 3.8) is 0 Å². The summed E-state index contributed by atoms with van der Waals surface area (Å²) >= 11 is 5.12. The first kappa shape index (κ1) is 15.9. The largest absolute Gasteiger partial charge is 0.392 e. The Balaban J connectivity index is 2.13. The maximum atomic E-state index is 12.8. The van der Waals surface area contributed by atoms with Gasteiger partial charge in [-0.05, 0) is 25.3 Å². The van der Waals surface area contributed by atoms with Gasteiger partial charge in [-0.1, -0.05) is 42.5 Å². The highest BCUT2D eigenvalue weighted by Gasteiger charge is 2.31. The number of likely N-dealkylation sites (tertiary alicyclic amines) is 1. The van der Waals surface area contributed by atoms with Crippen LogP contribution in [0.3, 0.4) is 0 Å². The van der Waals surface area contributed by atoms with Gasteiger partial charge >= 0.3 is 0 Å². The molecule has 1 aromatic rings. The molecule has 1 aliphatic rings. The normalized spacial score (nSPS) is 20.0. The molecule has 0 radical (unpaired) electrons. The molecular formula is C16H22N2O2S. The number of ether oxygens (including phenoxy) is 1. The van der Waals surface area contributed by atoms with Crippen molar-refractivity contribution in [3.8, 4) is 0 Å². The molecule has 0 aliphatic carbocycles. The summed E-state index contributed by atoms with van der Waals surface area (Å²) in [5.74, 6) is -0.556. The Hall–Kier alpha value is -1.46. The molecule has 1 heterocycles. The maximum Gasteiger partial charge on any atom is 0.237 e. The molecule has 5 heteroatoms. The summed E-state index contributed by atoms with van der Waals surface area (Å²) in [6.07, 6.45) is 2.08. The van der Waals surface area contributed by atoms with Crippen molar-refractivity contribution in [2.75, 3.05) is 19.7 Å². The van der Waals surface area contributed by atoms with E-state index in [1.807, 2.05) is 42.2 Å². The van der Waals surface area contributed by atoms with Crippen LogP contribution in [0, 0.1) is 0 Å². The van der Waals surface area contributed by atoms with E-state index in [9.17, 15) is 4.79 Å². The molecule has 2 unspecified atom stereocenters. The molecule has 0 spiro atoms. The molecule has 1 aliphatic heterocycles. The smallest absolute Gasteiger partial charge is 0.237 e. The van der Waals surface area contributed by atoms with Crippen LogP contribution in [0.1, 0.15) is 31.2 Å². The van der Waals surface area contributed by atoms with Crippen LogP contribution in [0.5, 0.6) is 0 Å². The fourth-order valence-electron chi connectivity index (χ4n) is 2.77. The first-order valence-electron chi connectivity index (χ1n) is 7.38. The van der Waals surface area contributed by atoms with Crippen LogP contribution in [0.2, 0.25) is 0 Å². The van der Waals surface area contributed by atoms with Gasteiger partial charge in [0.05, 0.1) is 11.1 Å². The highest BCUT2D eigenvalue weighted by Crippen LogP contribution is 2.22. The zero-order valence-corrected chi connectivity index (χ0v) is 13.1. The molecule has 0 saturated carbocycles. The predicted octanol–water partition coefficient (Wildman–Crippen LogP) is 2.08. The Labute approximate surface area is 131 Å². The van der Waals surface area contributed by atoms with Gasteiger partial charge in [0.2, 0.25) is 5.91 Å². The molecule has 1 fully saturated rings. The number of carbonyl (C=O) groups excluding carboxylic acids is 1. The minimum absolute atomic E-state index is 0.0156. The van der Waals surface area contributed by atoms with Crippen molar-refractivity contribution in [2.45, 2.75) is 31.8 Å². The molecule has 4 nitrogen and oxygen atoms in total. The standard InChI is InChI=1S/C16H22N2O2S/c1-2-20-13-9-6-10-18(11-13)16(19)14(15(17)21)12-7-4-3-5-8-12/h3-5,7-8,13-14H,2,6,9-11H2,1H3,(H2,17,21). The van der Waals surface area contributed by atoms with Gasteiger partial charge in [-0.25, -0.2) is 0 Å². The Bertz CT molecular complexity index is 490. The number of piperidine rings is 1. The molecule has 1 amide bonds. The number of amides is 1. The van der Waals surface area contributed by atoms with E-state index in [2.05, 4.69) is 0 Å². The maximum absolute atomic E-state index is 12.8. The summed E-state index contributed by atoms with van der Waals surface area (Å²) < 4.78 is 5.65. The highest BCUT2D eigenvalue weighted by atomic mass is 32.1. The van der Waals surface area contributed by atoms with E-state index in [0.717, 1.165) is 24.9 Å². The minimum Gasteiger partial charge on any atom is -0.392 e. The molecule has 1 aromatic carbocycles. The summed E-state index contributed by atoms with van der Waals surface area (Å²) in [6, 6.07) is 9.49. The summed E-state index contributed by atoms with van der Waals surface area (Å²) in [4.78, 5) is 14.9. The third-order valence-corrected chi connectivity index (χ3v) is 3.99. The van der Waals surface area contributed by atoms with Gasteiger partial charge in [-0.15, -0.1) is 0 Å². The predicted molar refractivity (Wildman–Crippen MR) is 87.2 cm³/mol. The van der Waals surface area contributed by atoms with E-state index in [1.54, 1.807) is 0 Å². The van der Waals surface area contributed by atoms with E-state index in [0.29, 0.717) is 13.2 Å². The van der Waals surface area contributed by atoms with Gasteiger partial charge in [-0.3, -0.25) is 4.79 Å². The lowest BCUT2D eigenvalue weighted by atomic mass is 9.96. The van der Waals surface area contributed by atoms with E-state index in [4.69, 9.17) is 22.7 Å². The molecule has 2 rings (SSSR count). The van der Waals surface area contributed by atoms with Crippen LogP contribution in [-0.4, -0.2) is 41.6 Å². The number of hydrogen-bond acceptors (Lipinski definition) is 3. The summed E-state index contributed by atoms with van der Waals surface area (Å²) in [5, 5.41) is 0. The Morgan fingerprint density at radius 1 is 1.48 bits per heavy atom. The number of thiocarbonyl (C=S) groups is 1. The second kappa shape index (κ2) is 7.52. The molecule has 0 aromatic heterocycles. The topological polar surface area (TPSA) is 55.6 Å². The van der Waals surface area contributed by atoms with Crippen LogP contribution >= 0.6 is 12.2 Å². The average molecular weight is 306 g/mol. The monoisotopic (exact) mass is 306 g/mol. The van der Waals surface area contributed by atoms with Crippen LogP contribution in [-0.2, 0) is 9.53 Å². The van der Waals surface area contributed by atoms with Crippen LogP contribution in [0.4, 0.5) is 0 Å². The van der Waals surface area contributed by atoms with Crippen molar-refractivity contribution < 1.29 is 9.53 Å². The van der Waals surface area contributed by atoms with Gasteiger partial charge < -0.3 is 15.4 Å². The number of benzene rings is 1. The van der Waals surface area contributed by atoms with Crippen molar-refractivity contribution >= 4 is 23.1 Å². The number of rotatable bonds is 5. The van der Waals surface area contributed by atoms with E-state index < -0.39 is 5.92 Å². The fourth-order valence-corrected chi connectivity index (χ4v) is 3.00. The van der Waals surface area contributed by atoms with Gasteiger partial charge in [-0.2, -0.15) is 0 Å². The molecule has 114 valence electrons. The number of carbonyl (C=O) groups is 1. The summed E-state index contributed by atoms with van der Waals surface area (Å²) in [6.45, 7) is 4.01. The Morgan fingerprint density at radius 2 is 2.19 bits per heavy atom. The van der Waals surface area contributed by atoms with Crippen molar-refractivity contribution in [1.29, 1.82) is 0 Å². The van der Waals surface area contributed by atoms with Crippen LogP contribution < -0.4 is 5.73 Å². The minimum atomic E-state index is -0.540. The lowest BCUT2D eigenvalue weighted by Gasteiger charge is -2.34. The lowest BCUT2D eigenvalue weighted by Crippen LogP contribution is -2.47. The van der Waals surface area contributed by atoms with Crippen molar-refractivity contribution in [2.24, 2.45) is 5.73 Å². The lowest BCUT2D eigenvalue weighted by molar-refractivity contribution is -0.135. The van der Waals surface area contributed by atoms with E-state index in [-0.39, 0.29) is 17.0 Å². The van der Waals surface area contributed by atoms with E-state index >= 15 is 0 Å². The Kier molecular flexibility index (Phi) is 5.70. The summed E-state index contributed by atoms with van der Waals surface area (Å²) in [5.41, 5.74) is 6.68. The second-order valence-corrected chi connectivity index (χ2v) is 5.72. The quantitative estimate of drug-likeness (QED) is 0.846. The second-order valence-electron chi connectivity index (χ2n) is 5.25. The van der Waals surface area contributed by atoms with Gasteiger partial charge in [0, 0.05) is 19.7 Å². The fraction of sp³-hybridized carbons (Fsp3) is 0.500. The van der Waals surface area contributed by atoms with E-state index in [1.165, 1.54) is 0 Å². The first-order valence-corrected chi connectivity index (χ1v) is 7.79. The number of nitrogens with zero attached hydrogens (tertiary/aromatic N) is 1. The average Bonchev–Trinajstić information content (AvgIpc) is 2.49. The zero-order chi connectivity index (χ0) is 15.2. The third kappa shape index (κ3) is 4.02. The van der Waals surface area contributed by atoms with Crippen LogP contribution in [0.25, 0.3) is 0 Å². The zero-order valence-electron chi connectivity index (χ0n) is 12.3. The molecule has 2 N–H and O–H groups in total. The molecule has 0 bridgehead atoms. The number of nitrogens with two attached hydrogens (primary N) is 1. The molecule has 21 heavy (non-hydrogen) atoms. The third-order valence-electron chi connectivity index (χ3n) is 3.76. The Morgan fingerprint density at radius 3 is 2.81 bits per heavy atom. The SMILES string of the molecule is CCOC1CCCN(C(=O)C(C(N)=S)c2ccccc2)C1. The van der Waals surface area contributed by atoms with Crippen molar-refractivity contribution in [3.05, 3.63) is 35.9 Å². The van der Waals surface area contributed by atoms with Gasteiger partial charge in [0.25, 0.3) is 0 Å². The first-order chi connectivity index (χ1) is 10.1.